The van der Waals surface area contributed by atoms with Gasteiger partial charge in [0.15, 0.2) is 0 Å². The zero-order valence-corrected chi connectivity index (χ0v) is 13.7. The number of nitrogens with one attached hydrogen (secondary N) is 1. The van der Waals surface area contributed by atoms with Gasteiger partial charge >= 0.3 is 0 Å². The van der Waals surface area contributed by atoms with Gasteiger partial charge in [-0.25, -0.2) is 9.97 Å². The summed E-state index contributed by atoms with van der Waals surface area (Å²) in [5, 5.41) is 4.04. The van der Waals surface area contributed by atoms with Gasteiger partial charge in [-0.05, 0) is 45.4 Å². The van der Waals surface area contributed by atoms with Crippen LogP contribution in [0.5, 0.6) is 0 Å². The van der Waals surface area contributed by atoms with Crippen LogP contribution < -0.4 is 10.2 Å². The Bertz CT molecular complexity index is 624. The summed E-state index contributed by atoms with van der Waals surface area (Å²) in [6, 6.07) is 7.86. The minimum atomic E-state index is 0.745. The lowest BCUT2D eigenvalue weighted by Crippen LogP contribution is -2.23. The van der Waals surface area contributed by atoms with Gasteiger partial charge in [0, 0.05) is 29.9 Å². The van der Waals surface area contributed by atoms with Crippen LogP contribution >= 0.6 is 11.6 Å². The maximum Gasteiger partial charge on any atom is 0.136 e. The van der Waals surface area contributed by atoms with E-state index < -0.39 is 0 Å². The Kier molecular flexibility index (Phi) is 5.02. The molecule has 0 aliphatic heterocycles. The zero-order valence-electron chi connectivity index (χ0n) is 12.9. The van der Waals surface area contributed by atoms with E-state index in [4.69, 9.17) is 11.6 Å². The molecule has 112 valence electrons. The lowest BCUT2D eigenvalue weighted by molar-refractivity contribution is 0.835. The summed E-state index contributed by atoms with van der Waals surface area (Å²) in [6.07, 6.45) is 0. The van der Waals surface area contributed by atoms with Crippen LogP contribution in [0.25, 0.3) is 0 Å². The van der Waals surface area contributed by atoms with Crippen molar-refractivity contribution in [2.45, 2.75) is 27.7 Å². The second-order valence-corrected chi connectivity index (χ2v) is 5.33. The average molecular weight is 305 g/mol. The average Bonchev–Trinajstić information content (AvgIpc) is 2.44. The van der Waals surface area contributed by atoms with Gasteiger partial charge in [0.2, 0.25) is 0 Å². The number of aryl methyl sites for hydroxylation is 2. The largest absolute Gasteiger partial charge is 0.357 e. The molecule has 5 heteroatoms. The molecule has 0 fully saturated rings. The SMILES string of the molecule is CCN(CC)c1cc(Nc2ccc(C)c(Cl)c2)nc(C)n1. The monoisotopic (exact) mass is 304 g/mol. The molecule has 1 aromatic carbocycles. The summed E-state index contributed by atoms with van der Waals surface area (Å²) in [4.78, 5) is 11.1. The van der Waals surface area contributed by atoms with Crippen LogP contribution in [-0.2, 0) is 0 Å². The molecule has 1 aromatic heterocycles. The van der Waals surface area contributed by atoms with E-state index in [-0.39, 0.29) is 0 Å². The number of hydrogen-bond donors (Lipinski definition) is 1. The van der Waals surface area contributed by atoms with Gasteiger partial charge in [-0.2, -0.15) is 0 Å². The highest BCUT2D eigenvalue weighted by atomic mass is 35.5. The Morgan fingerprint density at radius 2 is 1.81 bits per heavy atom. The molecule has 2 aromatic rings. The number of benzene rings is 1. The second kappa shape index (κ2) is 6.76. The lowest BCUT2D eigenvalue weighted by atomic mass is 10.2. The van der Waals surface area contributed by atoms with E-state index in [0.29, 0.717) is 0 Å². The summed E-state index contributed by atoms with van der Waals surface area (Å²) in [5.74, 6) is 2.47. The highest BCUT2D eigenvalue weighted by Gasteiger charge is 2.08. The number of hydrogen-bond acceptors (Lipinski definition) is 4. The van der Waals surface area contributed by atoms with Crippen molar-refractivity contribution in [3.8, 4) is 0 Å². The standard InChI is InChI=1S/C16H21ClN4/c1-5-21(6-2)16-10-15(18-12(4)19-16)20-13-8-7-11(3)14(17)9-13/h7-10H,5-6H2,1-4H3,(H,18,19,20). The second-order valence-electron chi connectivity index (χ2n) is 4.92. The predicted molar refractivity (Wildman–Crippen MR) is 89.8 cm³/mol. The first kappa shape index (κ1) is 15.6. The van der Waals surface area contributed by atoms with Gasteiger partial charge in [-0.3, -0.25) is 0 Å². The van der Waals surface area contributed by atoms with Gasteiger partial charge in [-0.15, -0.1) is 0 Å². The highest BCUT2D eigenvalue weighted by Crippen LogP contribution is 2.24. The highest BCUT2D eigenvalue weighted by molar-refractivity contribution is 6.31. The third-order valence-electron chi connectivity index (χ3n) is 3.36. The van der Waals surface area contributed by atoms with Crippen LogP contribution in [0.4, 0.5) is 17.3 Å². The summed E-state index contributed by atoms with van der Waals surface area (Å²) in [7, 11) is 0. The van der Waals surface area contributed by atoms with Gasteiger partial charge in [0.25, 0.3) is 0 Å². The number of halogens is 1. The fourth-order valence-corrected chi connectivity index (χ4v) is 2.32. The molecule has 0 bridgehead atoms. The number of nitrogens with zero attached hydrogens (tertiary/aromatic N) is 3. The molecular formula is C16H21ClN4. The quantitative estimate of drug-likeness (QED) is 0.892. The molecule has 0 atom stereocenters. The normalized spacial score (nSPS) is 10.5. The fraction of sp³-hybridized carbons (Fsp3) is 0.375. The summed E-state index contributed by atoms with van der Waals surface area (Å²) >= 11 is 6.16. The first-order chi connectivity index (χ1) is 10.0. The number of aromatic nitrogens is 2. The van der Waals surface area contributed by atoms with Crippen LogP contribution in [0.15, 0.2) is 24.3 Å². The minimum Gasteiger partial charge on any atom is -0.357 e. The first-order valence-electron chi connectivity index (χ1n) is 7.17. The predicted octanol–water partition coefficient (Wildman–Crippen LogP) is 4.34. The topological polar surface area (TPSA) is 41.0 Å². The molecule has 0 radical (unpaired) electrons. The van der Waals surface area contributed by atoms with Crippen molar-refractivity contribution in [2.75, 3.05) is 23.3 Å². The molecule has 1 heterocycles. The van der Waals surface area contributed by atoms with Crippen molar-refractivity contribution in [1.29, 1.82) is 0 Å². The van der Waals surface area contributed by atoms with Gasteiger partial charge in [0.05, 0.1) is 0 Å². The first-order valence-corrected chi connectivity index (χ1v) is 7.55. The number of rotatable bonds is 5. The van der Waals surface area contributed by atoms with Gasteiger partial charge in [-0.1, -0.05) is 17.7 Å². The van der Waals surface area contributed by atoms with E-state index in [1.807, 2.05) is 38.1 Å². The maximum atomic E-state index is 6.16. The third-order valence-corrected chi connectivity index (χ3v) is 3.76. The molecule has 0 aliphatic carbocycles. The Labute approximate surface area is 131 Å². The Morgan fingerprint density at radius 1 is 1.10 bits per heavy atom. The van der Waals surface area contributed by atoms with Crippen molar-refractivity contribution in [1.82, 2.24) is 9.97 Å². The van der Waals surface area contributed by atoms with E-state index in [1.165, 1.54) is 0 Å². The molecule has 0 unspecified atom stereocenters. The Balaban J connectivity index is 2.29. The molecule has 4 nitrogen and oxygen atoms in total. The molecule has 2 rings (SSSR count). The molecule has 0 spiro atoms. The van der Waals surface area contributed by atoms with E-state index >= 15 is 0 Å². The van der Waals surface area contributed by atoms with Crippen LogP contribution in [0, 0.1) is 13.8 Å². The van der Waals surface area contributed by atoms with Crippen LogP contribution in [0.3, 0.4) is 0 Å². The van der Waals surface area contributed by atoms with Crippen LogP contribution in [0.1, 0.15) is 25.2 Å². The third kappa shape index (κ3) is 3.85. The Morgan fingerprint density at radius 3 is 2.43 bits per heavy atom. The smallest absolute Gasteiger partial charge is 0.136 e. The van der Waals surface area contributed by atoms with E-state index in [1.54, 1.807) is 0 Å². The molecule has 0 saturated carbocycles. The maximum absolute atomic E-state index is 6.16. The van der Waals surface area contributed by atoms with E-state index in [0.717, 1.165) is 46.8 Å². The molecule has 0 amide bonds. The fourth-order valence-electron chi connectivity index (χ4n) is 2.14. The molecule has 0 aliphatic rings. The molecular weight excluding hydrogens is 284 g/mol. The van der Waals surface area contributed by atoms with Crippen molar-refractivity contribution in [2.24, 2.45) is 0 Å². The van der Waals surface area contributed by atoms with Crippen LogP contribution in [-0.4, -0.2) is 23.1 Å². The Hall–Kier alpha value is -1.81. The zero-order chi connectivity index (χ0) is 15.4. The van der Waals surface area contributed by atoms with Crippen molar-refractivity contribution in [3.05, 3.63) is 40.7 Å². The summed E-state index contributed by atoms with van der Waals surface area (Å²) in [5.41, 5.74) is 1.99. The number of anilines is 3. The molecule has 1 N–H and O–H groups in total. The van der Waals surface area contributed by atoms with Gasteiger partial charge in [0.1, 0.15) is 17.5 Å². The van der Waals surface area contributed by atoms with Crippen molar-refractivity contribution in [3.63, 3.8) is 0 Å². The lowest BCUT2D eigenvalue weighted by Gasteiger charge is -2.20. The molecule has 21 heavy (non-hydrogen) atoms. The summed E-state index contributed by atoms with van der Waals surface area (Å²) in [6.45, 7) is 9.97. The van der Waals surface area contributed by atoms with Gasteiger partial charge < -0.3 is 10.2 Å². The van der Waals surface area contributed by atoms with E-state index in [2.05, 4.69) is 34.0 Å². The summed E-state index contributed by atoms with van der Waals surface area (Å²) < 4.78 is 0. The van der Waals surface area contributed by atoms with Crippen molar-refractivity contribution < 1.29 is 0 Å². The van der Waals surface area contributed by atoms with Crippen molar-refractivity contribution >= 4 is 28.9 Å². The van der Waals surface area contributed by atoms with Crippen LogP contribution in [0.2, 0.25) is 5.02 Å². The van der Waals surface area contributed by atoms with E-state index in [9.17, 15) is 0 Å². The molecule has 0 saturated heterocycles. The minimum absolute atomic E-state index is 0.745.